The Morgan fingerprint density at radius 2 is 1.65 bits per heavy atom. The van der Waals surface area contributed by atoms with E-state index >= 15 is 0 Å². The lowest BCUT2D eigenvalue weighted by atomic mass is 10.0. The Kier molecular flexibility index (Phi) is 5.82. The highest BCUT2D eigenvalue weighted by molar-refractivity contribution is 5.94. The maximum absolute atomic E-state index is 13.1. The molecule has 13 heteroatoms. The van der Waals surface area contributed by atoms with Gasteiger partial charge in [-0.15, -0.1) is 5.10 Å². The van der Waals surface area contributed by atoms with E-state index in [0.717, 1.165) is 12.8 Å². The first-order valence-corrected chi connectivity index (χ1v) is 10.2. The second-order valence-electron chi connectivity index (χ2n) is 8.02. The number of halogens is 6. The zero-order chi connectivity index (χ0) is 24.8. The van der Waals surface area contributed by atoms with Crippen LogP contribution >= 0.6 is 0 Å². The molecule has 0 unspecified atom stereocenters. The van der Waals surface area contributed by atoms with Gasteiger partial charge < -0.3 is 5.32 Å². The number of carbonyl (C=O) groups excluding carboxylic acids is 1. The first-order valence-electron chi connectivity index (χ1n) is 10.2. The number of amides is 1. The number of rotatable bonds is 5. The molecule has 0 bridgehead atoms. The third-order valence-electron chi connectivity index (χ3n) is 5.16. The lowest BCUT2D eigenvalue weighted by Crippen LogP contribution is -2.29. The maximum atomic E-state index is 13.1. The Balaban J connectivity index is 1.66. The van der Waals surface area contributed by atoms with Crippen molar-refractivity contribution in [1.29, 1.82) is 0 Å². The molecule has 0 spiro atoms. The predicted molar refractivity (Wildman–Crippen MR) is 106 cm³/mol. The van der Waals surface area contributed by atoms with E-state index in [2.05, 4.69) is 25.4 Å². The number of benzene rings is 1. The summed E-state index contributed by atoms with van der Waals surface area (Å²) in [5.41, 5.74) is -3.28. The lowest BCUT2D eigenvalue weighted by Gasteiger charge is -2.17. The Bertz CT molecular complexity index is 1180. The minimum Gasteiger partial charge on any atom is -0.342 e. The van der Waals surface area contributed by atoms with Crippen LogP contribution in [-0.4, -0.2) is 30.6 Å². The summed E-state index contributed by atoms with van der Waals surface area (Å²) in [5.74, 6) is 0.0496. The summed E-state index contributed by atoms with van der Waals surface area (Å²) < 4.78 is 80.2. The smallest absolute Gasteiger partial charge is 0.342 e. The first-order chi connectivity index (χ1) is 15.8. The highest BCUT2D eigenvalue weighted by Crippen LogP contribution is 2.39. The standard InChI is InChI=1S/C21H18F6N6O/c1-10-8-29-16(9-28-10)33-18(31-17(32-33)12-3-4-12)11(2)30-19(34)13-5-14(20(22,23)24)7-15(6-13)21(25,26)27/h5-9,11-12H,3-4H2,1-2H3,(H,30,34)/t11-/m0/s1. The quantitative estimate of drug-likeness (QED) is 0.528. The summed E-state index contributed by atoms with van der Waals surface area (Å²) >= 11 is 0. The molecule has 1 atom stereocenters. The van der Waals surface area contributed by atoms with Crippen LogP contribution in [0.3, 0.4) is 0 Å². The van der Waals surface area contributed by atoms with E-state index in [1.54, 1.807) is 6.92 Å². The third kappa shape index (κ3) is 5.02. The molecule has 2 aromatic heterocycles. The summed E-state index contributed by atoms with van der Waals surface area (Å²) in [6.07, 6.45) is -5.41. The van der Waals surface area contributed by atoms with Gasteiger partial charge in [-0.1, -0.05) is 0 Å². The summed E-state index contributed by atoms with van der Waals surface area (Å²) in [4.78, 5) is 25.5. The molecular weight excluding hydrogens is 466 g/mol. The normalized spacial score (nSPS) is 15.3. The molecule has 1 aliphatic rings. The summed E-state index contributed by atoms with van der Waals surface area (Å²) in [6, 6.07) is -0.194. The maximum Gasteiger partial charge on any atom is 0.416 e. The van der Waals surface area contributed by atoms with Crippen molar-refractivity contribution >= 4 is 5.91 Å². The molecule has 1 aromatic carbocycles. The van der Waals surface area contributed by atoms with Crippen molar-refractivity contribution in [2.75, 3.05) is 0 Å². The van der Waals surface area contributed by atoms with E-state index < -0.39 is 41.0 Å². The molecule has 2 heterocycles. The highest BCUT2D eigenvalue weighted by Gasteiger charge is 2.38. The van der Waals surface area contributed by atoms with Gasteiger partial charge in [-0.3, -0.25) is 9.78 Å². The SMILES string of the molecule is Cc1cnc(-n2nc(C3CC3)nc2[C@H](C)NC(=O)c2cc(C(F)(F)F)cc(C(F)(F)F)c2)cn1. The largest absolute Gasteiger partial charge is 0.416 e. The molecule has 1 amide bonds. The molecule has 1 saturated carbocycles. The fourth-order valence-electron chi connectivity index (χ4n) is 3.23. The Hall–Kier alpha value is -3.51. The predicted octanol–water partition coefficient (Wildman–Crippen LogP) is 4.77. The third-order valence-corrected chi connectivity index (χ3v) is 5.16. The van der Waals surface area contributed by atoms with Crippen LogP contribution in [0.15, 0.2) is 30.6 Å². The molecule has 1 aliphatic carbocycles. The van der Waals surface area contributed by atoms with Crippen molar-refractivity contribution in [3.63, 3.8) is 0 Å². The molecule has 34 heavy (non-hydrogen) atoms. The van der Waals surface area contributed by atoms with E-state index in [9.17, 15) is 31.1 Å². The number of hydrogen-bond acceptors (Lipinski definition) is 5. The molecule has 0 saturated heterocycles. The van der Waals surface area contributed by atoms with Gasteiger partial charge in [0, 0.05) is 11.5 Å². The second kappa shape index (κ2) is 8.37. The monoisotopic (exact) mass is 484 g/mol. The van der Waals surface area contributed by atoms with Crippen LogP contribution in [0.1, 0.15) is 70.6 Å². The summed E-state index contributed by atoms with van der Waals surface area (Å²) in [7, 11) is 0. The van der Waals surface area contributed by atoms with Gasteiger partial charge >= 0.3 is 12.4 Å². The van der Waals surface area contributed by atoms with E-state index in [-0.39, 0.29) is 17.8 Å². The van der Waals surface area contributed by atoms with E-state index in [4.69, 9.17) is 0 Å². The number of alkyl halides is 6. The van der Waals surface area contributed by atoms with E-state index in [1.807, 2.05) is 0 Å². The zero-order valence-electron chi connectivity index (χ0n) is 17.9. The molecule has 3 aromatic rings. The van der Waals surface area contributed by atoms with Crippen LogP contribution in [-0.2, 0) is 12.4 Å². The molecule has 0 radical (unpaired) electrons. The highest BCUT2D eigenvalue weighted by atomic mass is 19.4. The van der Waals surface area contributed by atoms with Gasteiger partial charge in [0.15, 0.2) is 17.5 Å². The fourth-order valence-corrected chi connectivity index (χ4v) is 3.23. The number of aryl methyl sites for hydroxylation is 1. The lowest BCUT2D eigenvalue weighted by molar-refractivity contribution is -0.143. The molecule has 0 aliphatic heterocycles. The van der Waals surface area contributed by atoms with Gasteiger partial charge in [0.05, 0.1) is 35.3 Å². The van der Waals surface area contributed by atoms with Crippen LogP contribution in [0.4, 0.5) is 26.3 Å². The van der Waals surface area contributed by atoms with Gasteiger partial charge in [-0.05, 0) is 44.9 Å². The summed E-state index contributed by atoms with van der Waals surface area (Å²) in [5, 5.41) is 6.84. The van der Waals surface area contributed by atoms with E-state index in [0.29, 0.717) is 29.5 Å². The Labute approximate surface area is 189 Å². The van der Waals surface area contributed by atoms with Gasteiger partial charge in [0.2, 0.25) is 0 Å². The molecule has 1 fully saturated rings. The number of nitrogens with zero attached hydrogens (tertiary/aromatic N) is 5. The van der Waals surface area contributed by atoms with Gasteiger partial charge in [0.1, 0.15) is 0 Å². The van der Waals surface area contributed by atoms with Crippen molar-refractivity contribution in [3.05, 3.63) is 64.6 Å². The van der Waals surface area contributed by atoms with Crippen LogP contribution in [0.25, 0.3) is 5.82 Å². The van der Waals surface area contributed by atoms with E-state index in [1.165, 1.54) is 24.0 Å². The first kappa shape index (κ1) is 23.6. The van der Waals surface area contributed by atoms with Crippen molar-refractivity contribution in [1.82, 2.24) is 30.0 Å². The molecule has 1 N–H and O–H groups in total. The summed E-state index contributed by atoms with van der Waals surface area (Å²) in [6.45, 7) is 3.23. The van der Waals surface area contributed by atoms with Crippen molar-refractivity contribution in [2.45, 2.75) is 51.0 Å². The second-order valence-corrected chi connectivity index (χ2v) is 8.02. The van der Waals surface area contributed by atoms with Crippen LogP contribution < -0.4 is 5.32 Å². The minimum atomic E-state index is -5.06. The minimum absolute atomic E-state index is 0.0329. The Morgan fingerprint density at radius 3 is 2.15 bits per heavy atom. The molecular formula is C21H18F6N6O. The van der Waals surface area contributed by atoms with Crippen LogP contribution in [0, 0.1) is 6.92 Å². The number of hydrogen-bond donors (Lipinski definition) is 1. The van der Waals surface area contributed by atoms with Gasteiger partial charge in [0.25, 0.3) is 5.91 Å². The van der Waals surface area contributed by atoms with Crippen molar-refractivity contribution in [3.8, 4) is 5.82 Å². The molecule has 180 valence electrons. The van der Waals surface area contributed by atoms with Crippen molar-refractivity contribution < 1.29 is 31.1 Å². The van der Waals surface area contributed by atoms with Crippen LogP contribution in [0.5, 0.6) is 0 Å². The van der Waals surface area contributed by atoms with Crippen LogP contribution in [0.2, 0.25) is 0 Å². The number of nitrogens with one attached hydrogen (secondary N) is 1. The van der Waals surface area contributed by atoms with Gasteiger partial charge in [-0.25, -0.2) is 9.97 Å². The average Bonchev–Trinajstić information content (AvgIpc) is 3.51. The molecule has 7 nitrogen and oxygen atoms in total. The zero-order valence-corrected chi connectivity index (χ0v) is 17.9. The number of carbonyl (C=O) groups is 1. The average molecular weight is 484 g/mol. The van der Waals surface area contributed by atoms with Crippen molar-refractivity contribution in [2.24, 2.45) is 0 Å². The number of aromatic nitrogens is 5. The Morgan fingerprint density at radius 1 is 1.03 bits per heavy atom. The fraction of sp³-hybridized carbons (Fsp3) is 0.381. The molecule has 4 rings (SSSR count). The van der Waals surface area contributed by atoms with Gasteiger partial charge in [-0.2, -0.15) is 31.0 Å². The topological polar surface area (TPSA) is 85.6 Å².